The molecule has 284 valence electrons. The molecule has 1 aromatic heterocycles. The molecule has 4 fully saturated rings. The number of benzene rings is 1. The predicted molar refractivity (Wildman–Crippen MR) is 193 cm³/mol. The fourth-order valence-electron chi connectivity index (χ4n) is 7.86. The molecule has 2 aromatic rings. The highest BCUT2D eigenvalue weighted by atomic mass is 35.5. The number of fused-ring (bicyclic) bond motifs is 2. The van der Waals surface area contributed by atoms with Crippen LogP contribution in [0.5, 0.6) is 11.5 Å². The van der Waals surface area contributed by atoms with E-state index in [2.05, 4.69) is 20.9 Å². The third kappa shape index (κ3) is 7.68. The molecule has 52 heavy (non-hydrogen) atoms. The van der Waals surface area contributed by atoms with E-state index in [4.69, 9.17) is 30.5 Å². The minimum absolute atomic E-state index is 0.0103. The Hall–Kier alpha value is -4.04. The first-order valence-electron chi connectivity index (χ1n) is 18.1. The number of carbonyl (C=O) groups excluding carboxylic acids is 3. The van der Waals surface area contributed by atoms with Crippen molar-refractivity contribution in [2.75, 3.05) is 39.2 Å². The quantitative estimate of drug-likeness (QED) is 0.199. The number of ether oxygens (including phenoxy) is 4. The topological polar surface area (TPSA) is 178 Å². The summed E-state index contributed by atoms with van der Waals surface area (Å²) in [7, 11) is 3.10. The molecule has 0 bridgehead atoms. The van der Waals surface area contributed by atoms with Gasteiger partial charge in [-0.2, -0.15) is 0 Å². The van der Waals surface area contributed by atoms with Crippen LogP contribution in [0.2, 0.25) is 5.02 Å². The number of alkyl carbamates (subject to hydrolysis) is 1. The zero-order chi connectivity index (χ0) is 37.5. The van der Waals surface area contributed by atoms with E-state index < -0.39 is 53.0 Å². The standard InChI is InChI=1S/C37H50ClN5O9/c1-7-21-17-37(21,34(46)47)42-32(44)25-15-23(51-27-16-28(39-10-11-49-5)40-30-24(27)8-9-26(50-6)29(30)38)18-43(25)33(45)31(36(2,3)4)41-35(48)52-22-13-19-12-20(19)14-22/h8-9,16,19-23,25,31H,7,10-15,17-18H2,1-6H3,(H,39,40)(H,41,48)(H,42,44)(H,46,47)/t19-,20+,21-,22+,23-,25+,31-,37-/m1/s1. The maximum absolute atomic E-state index is 14.5. The van der Waals surface area contributed by atoms with Gasteiger partial charge >= 0.3 is 12.1 Å². The summed E-state index contributed by atoms with van der Waals surface area (Å²) in [5.41, 5.74) is -1.73. The molecule has 4 N–H and O–H groups in total. The summed E-state index contributed by atoms with van der Waals surface area (Å²) in [4.78, 5) is 60.2. The molecule has 0 spiro atoms. The number of nitrogens with zero attached hydrogens (tertiary/aromatic N) is 2. The van der Waals surface area contributed by atoms with E-state index in [1.807, 2.05) is 27.7 Å². The van der Waals surface area contributed by atoms with Crippen molar-refractivity contribution in [3.05, 3.63) is 23.2 Å². The van der Waals surface area contributed by atoms with Crippen molar-refractivity contribution >= 4 is 52.2 Å². The Morgan fingerprint density at radius 3 is 2.42 bits per heavy atom. The molecule has 15 heteroatoms. The van der Waals surface area contributed by atoms with Gasteiger partial charge in [0.2, 0.25) is 11.8 Å². The Balaban J connectivity index is 1.29. The Bertz CT molecular complexity index is 1710. The zero-order valence-corrected chi connectivity index (χ0v) is 31.4. The van der Waals surface area contributed by atoms with Gasteiger partial charge in [0.15, 0.2) is 0 Å². The van der Waals surface area contributed by atoms with Gasteiger partial charge < -0.3 is 44.9 Å². The molecule has 1 saturated heterocycles. The van der Waals surface area contributed by atoms with Crippen LogP contribution in [-0.4, -0.2) is 103 Å². The van der Waals surface area contributed by atoms with Crippen molar-refractivity contribution in [3.63, 3.8) is 0 Å². The lowest BCUT2D eigenvalue weighted by molar-refractivity contribution is -0.146. The number of methoxy groups -OCH3 is 2. The molecular weight excluding hydrogens is 694 g/mol. The second-order valence-electron chi connectivity index (χ2n) is 15.7. The normalized spacial score (nSPS) is 28.1. The van der Waals surface area contributed by atoms with Crippen LogP contribution >= 0.6 is 11.6 Å². The van der Waals surface area contributed by atoms with Gasteiger partial charge in [0.1, 0.15) is 52.2 Å². The molecular formula is C37H50ClN5O9. The maximum atomic E-state index is 14.5. The summed E-state index contributed by atoms with van der Waals surface area (Å²) in [6, 6.07) is 3.07. The number of carboxylic acids is 1. The number of aromatic nitrogens is 1. The Morgan fingerprint density at radius 2 is 1.81 bits per heavy atom. The third-order valence-corrected chi connectivity index (χ3v) is 11.4. The number of halogens is 1. The molecule has 1 aliphatic heterocycles. The second-order valence-corrected chi connectivity index (χ2v) is 16.0. The van der Waals surface area contributed by atoms with E-state index in [1.54, 1.807) is 25.3 Å². The van der Waals surface area contributed by atoms with Crippen molar-refractivity contribution in [3.8, 4) is 11.5 Å². The van der Waals surface area contributed by atoms with E-state index in [-0.39, 0.29) is 30.0 Å². The first kappa shape index (κ1) is 37.7. The molecule has 2 heterocycles. The molecule has 0 radical (unpaired) electrons. The van der Waals surface area contributed by atoms with Crippen molar-refractivity contribution in [2.24, 2.45) is 23.2 Å². The Kier molecular flexibility index (Phi) is 10.7. The van der Waals surface area contributed by atoms with E-state index >= 15 is 0 Å². The first-order chi connectivity index (χ1) is 24.7. The summed E-state index contributed by atoms with van der Waals surface area (Å²) in [6.45, 7) is 8.23. The van der Waals surface area contributed by atoms with Gasteiger partial charge in [-0.05, 0) is 61.0 Å². The molecule has 8 atom stereocenters. The van der Waals surface area contributed by atoms with Crippen LogP contribution in [0.1, 0.15) is 66.2 Å². The summed E-state index contributed by atoms with van der Waals surface area (Å²) in [5, 5.41) is 19.8. The number of rotatable bonds is 14. The highest BCUT2D eigenvalue weighted by Crippen LogP contribution is 2.52. The highest BCUT2D eigenvalue weighted by Gasteiger charge is 2.61. The minimum atomic E-state index is -1.40. The van der Waals surface area contributed by atoms with Gasteiger partial charge in [-0.1, -0.05) is 45.7 Å². The fraction of sp³-hybridized carbons (Fsp3) is 0.649. The average Bonchev–Trinajstić information content (AvgIpc) is 3.90. The Morgan fingerprint density at radius 1 is 1.08 bits per heavy atom. The van der Waals surface area contributed by atoms with Crippen LogP contribution < -0.4 is 25.4 Å². The highest BCUT2D eigenvalue weighted by molar-refractivity contribution is 6.36. The molecule has 3 saturated carbocycles. The molecule has 3 aliphatic carbocycles. The molecule has 14 nitrogen and oxygen atoms in total. The van der Waals surface area contributed by atoms with E-state index in [1.165, 1.54) is 18.4 Å². The smallest absolute Gasteiger partial charge is 0.408 e. The summed E-state index contributed by atoms with van der Waals surface area (Å²) < 4.78 is 22.9. The van der Waals surface area contributed by atoms with Gasteiger partial charge in [0.25, 0.3) is 0 Å². The van der Waals surface area contributed by atoms with Crippen molar-refractivity contribution in [1.82, 2.24) is 20.5 Å². The predicted octanol–water partition coefficient (Wildman–Crippen LogP) is 4.61. The van der Waals surface area contributed by atoms with E-state index in [9.17, 15) is 24.3 Å². The van der Waals surface area contributed by atoms with Gasteiger partial charge in [0.05, 0.1) is 25.8 Å². The van der Waals surface area contributed by atoms with Crippen molar-refractivity contribution in [1.29, 1.82) is 0 Å². The number of hydrogen-bond acceptors (Lipinski definition) is 10. The van der Waals surface area contributed by atoms with E-state index in [0.717, 1.165) is 12.8 Å². The SMILES string of the molecule is CC[C@@H]1C[C@]1(NC(=O)[C@@H]1C[C@@H](Oc2cc(NCCOC)nc3c(Cl)c(OC)ccc23)CN1C(=O)[C@@H](NC(=O)O[C@@H]1C[C@@H]2C[C@@H]2C1)C(C)(C)C)C(=O)O. The van der Waals surface area contributed by atoms with Gasteiger partial charge in [-0.25, -0.2) is 14.6 Å². The summed E-state index contributed by atoms with van der Waals surface area (Å²) in [5.74, 6) is 0.109. The monoisotopic (exact) mass is 743 g/mol. The van der Waals surface area contributed by atoms with Crippen LogP contribution in [0.3, 0.4) is 0 Å². The number of hydrogen-bond donors (Lipinski definition) is 4. The number of aliphatic carboxylic acids is 1. The van der Waals surface area contributed by atoms with Crippen LogP contribution in [0.25, 0.3) is 10.9 Å². The van der Waals surface area contributed by atoms with Crippen LogP contribution in [0, 0.1) is 23.2 Å². The lowest BCUT2D eigenvalue weighted by Gasteiger charge is -2.35. The van der Waals surface area contributed by atoms with Gasteiger partial charge in [-0.3, -0.25) is 9.59 Å². The lowest BCUT2D eigenvalue weighted by atomic mass is 9.85. The third-order valence-electron chi connectivity index (χ3n) is 11.0. The van der Waals surface area contributed by atoms with Gasteiger partial charge in [0, 0.05) is 31.5 Å². The largest absolute Gasteiger partial charge is 0.495 e. The fourth-order valence-corrected chi connectivity index (χ4v) is 8.14. The average molecular weight is 744 g/mol. The van der Waals surface area contributed by atoms with E-state index in [0.29, 0.717) is 66.0 Å². The first-order valence-corrected chi connectivity index (χ1v) is 18.5. The van der Waals surface area contributed by atoms with Crippen LogP contribution in [-0.2, 0) is 23.9 Å². The van der Waals surface area contributed by atoms with Gasteiger partial charge in [-0.15, -0.1) is 0 Å². The van der Waals surface area contributed by atoms with Crippen LogP contribution in [0.4, 0.5) is 10.6 Å². The Labute approximate surface area is 308 Å². The van der Waals surface area contributed by atoms with Crippen LogP contribution in [0.15, 0.2) is 18.2 Å². The van der Waals surface area contributed by atoms with Crippen molar-refractivity contribution in [2.45, 2.75) is 96.1 Å². The number of amides is 3. The number of carboxylic acid groups (broad SMARTS) is 1. The minimum Gasteiger partial charge on any atom is -0.495 e. The number of carbonyl (C=O) groups is 4. The zero-order valence-electron chi connectivity index (χ0n) is 30.6. The lowest BCUT2D eigenvalue weighted by Crippen LogP contribution is -2.59. The number of nitrogens with one attached hydrogen (secondary N) is 3. The molecule has 0 unspecified atom stereocenters. The summed E-state index contributed by atoms with van der Waals surface area (Å²) in [6.07, 6.45) is 2.23. The number of pyridine rings is 1. The number of likely N-dealkylation sites (tertiary alicyclic amines) is 1. The molecule has 4 aliphatic rings. The molecule has 3 amide bonds. The molecule has 6 rings (SSSR count). The van der Waals surface area contributed by atoms with Crippen molar-refractivity contribution < 1.29 is 43.2 Å². The molecule has 1 aromatic carbocycles. The second kappa shape index (κ2) is 14.8. The summed E-state index contributed by atoms with van der Waals surface area (Å²) >= 11 is 6.70. The number of anilines is 1. The maximum Gasteiger partial charge on any atom is 0.408 e.